The van der Waals surface area contributed by atoms with Crippen molar-refractivity contribution in [3.8, 4) is 5.88 Å². The SMILES string of the molecule is COc1cc(Cn2nccc2N)sn1. The third kappa shape index (κ3) is 1.69. The van der Waals surface area contributed by atoms with E-state index in [9.17, 15) is 0 Å². The Morgan fingerprint density at radius 3 is 3.07 bits per heavy atom. The van der Waals surface area contributed by atoms with Crippen LogP contribution >= 0.6 is 11.5 Å². The Balaban J connectivity index is 2.15. The van der Waals surface area contributed by atoms with Gasteiger partial charge in [0.2, 0.25) is 5.88 Å². The van der Waals surface area contributed by atoms with Crippen LogP contribution in [0.3, 0.4) is 0 Å². The highest BCUT2D eigenvalue weighted by Crippen LogP contribution is 2.17. The lowest BCUT2D eigenvalue weighted by Crippen LogP contribution is -2.04. The molecule has 2 heterocycles. The Kier molecular flexibility index (Phi) is 2.36. The largest absolute Gasteiger partial charge is 0.480 e. The molecule has 6 heteroatoms. The highest BCUT2D eigenvalue weighted by Gasteiger charge is 2.04. The van der Waals surface area contributed by atoms with Gasteiger partial charge >= 0.3 is 0 Å². The van der Waals surface area contributed by atoms with Gasteiger partial charge in [0.1, 0.15) is 5.82 Å². The average molecular weight is 210 g/mol. The highest BCUT2D eigenvalue weighted by molar-refractivity contribution is 7.05. The van der Waals surface area contributed by atoms with Crippen LogP contribution in [0.1, 0.15) is 4.88 Å². The fourth-order valence-corrected chi connectivity index (χ4v) is 1.76. The maximum absolute atomic E-state index is 5.68. The van der Waals surface area contributed by atoms with E-state index in [1.165, 1.54) is 11.5 Å². The van der Waals surface area contributed by atoms with Crippen molar-refractivity contribution >= 4 is 17.4 Å². The molecule has 14 heavy (non-hydrogen) atoms. The molecule has 2 N–H and O–H groups in total. The molecule has 0 aliphatic rings. The molecule has 2 aromatic rings. The number of nitrogen functional groups attached to an aromatic ring is 1. The van der Waals surface area contributed by atoms with Gasteiger partial charge in [-0.05, 0) is 17.6 Å². The summed E-state index contributed by atoms with van der Waals surface area (Å²) in [6.45, 7) is 0.639. The van der Waals surface area contributed by atoms with Gasteiger partial charge in [-0.3, -0.25) is 0 Å². The number of anilines is 1. The van der Waals surface area contributed by atoms with Crippen molar-refractivity contribution in [3.63, 3.8) is 0 Å². The Labute approximate surface area is 85.3 Å². The lowest BCUT2D eigenvalue weighted by atomic mass is 10.5. The van der Waals surface area contributed by atoms with Crippen LogP contribution in [0.15, 0.2) is 18.3 Å². The monoisotopic (exact) mass is 210 g/mol. The lowest BCUT2D eigenvalue weighted by molar-refractivity contribution is 0.402. The predicted molar refractivity (Wildman–Crippen MR) is 54.4 cm³/mol. The summed E-state index contributed by atoms with van der Waals surface area (Å²) in [5.74, 6) is 1.29. The van der Waals surface area contributed by atoms with Gasteiger partial charge in [-0.25, -0.2) is 4.68 Å². The zero-order valence-electron chi connectivity index (χ0n) is 7.67. The van der Waals surface area contributed by atoms with Crippen molar-refractivity contribution in [2.75, 3.05) is 12.8 Å². The Bertz CT molecular complexity index is 422. The summed E-state index contributed by atoms with van der Waals surface area (Å²) < 4.78 is 10.8. The van der Waals surface area contributed by atoms with Crippen molar-refractivity contribution in [2.45, 2.75) is 6.54 Å². The smallest absolute Gasteiger partial charge is 0.225 e. The van der Waals surface area contributed by atoms with E-state index in [0.29, 0.717) is 18.2 Å². The van der Waals surface area contributed by atoms with Crippen LogP contribution in [-0.2, 0) is 6.54 Å². The number of hydrogen-bond acceptors (Lipinski definition) is 5. The average Bonchev–Trinajstić information content (AvgIpc) is 2.77. The quantitative estimate of drug-likeness (QED) is 0.820. The minimum atomic E-state index is 0.635. The molecular formula is C8H10N4OS. The molecule has 0 saturated carbocycles. The summed E-state index contributed by atoms with van der Waals surface area (Å²) in [5, 5.41) is 4.08. The topological polar surface area (TPSA) is 66.0 Å². The molecular weight excluding hydrogens is 200 g/mol. The second-order valence-electron chi connectivity index (χ2n) is 2.75. The normalized spacial score (nSPS) is 10.4. The van der Waals surface area contributed by atoms with E-state index in [-0.39, 0.29) is 0 Å². The molecule has 0 bridgehead atoms. The summed E-state index contributed by atoms with van der Waals surface area (Å²) in [5.41, 5.74) is 5.68. The van der Waals surface area contributed by atoms with Crippen molar-refractivity contribution in [1.82, 2.24) is 14.2 Å². The van der Waals surface area contributed by atoms with Crippen LogP contribution in [0, 0.1) is 0 Å². The van der Waals surface area contributed by atoms with Crippen molar-refractivity contribution in [3.05, 3.63) is 23.2 Å². The van der Waals surface area contributed by atoms with Crippen LogP contribution in [0.25, 0.3) is 0 Å². The highest BCUT2D eigenvalue weighted by atomic mass is 32.1. The van der Waals surface area contributed by atoms with E-state index in [1.807, 2.05) is 6.07 Å². The number of aromatic nitrogens is 3. The van der Waals surface area contributed by atoms with Crippen molar-refractivity contribution < 1.29 is 4.74 Å². The first-order chi connectivity index (χ1) is 6.79. The molecule has 0 atom stereocenters. The minimum absolute atomic E-state index is 0.635. The number of hydrogen-bond donors (Lipinski definition) is 1. The van der Waals surface area contributed by atoms with E-state index in [1.54, 1.807) is 24.1 Å². The van der Waals surface area contributed by atoms with Crippen LogP contribution in [0.2, 0.25) is 0 Å². The Hall–Kier alpha value is -1.56. The van der Waals surface area contributed by atoms with E-state index < -0.39 is 0 Å². The second kappa shape index (κ2) is 3.67. The summed E-state index contributed by atoms with van der Waals surface area (Å²) in [4.78, 5) is 1.07. The Morgan fingerprint density at radius 1 is 1.64 bits per heavy atom. The lowest BCUT2D eigenvalue weighted by Gasteiger charge is -1.99. The number of nitrogens with zero attached hydrogens (tertiary/aromatic N) is 3. The fraction of sp³-hybridized carbons (Fsp3) is 0.250. The molecule has 5 nitrogen and oxygen atoms in total. The van der Waals surface area contributed by atoms with Crippen molar-refractivity contribution in [1.29, 1.82) is 0 Å². The molecule has 0 amide bonds. The molecule has 0 unspecified atom stereocenters. The van der Waals surface area contributed by atoms with Gasteiger partial charge in [-0.2, -0.15) is 9.47 Å². The standard InChI is InChI=1S/C8H10N4OS/c1-13-8-4-6(14-11-8)5-12-7(9)2-3-10-12/h2-4H,5,9H2,1H3. The summed E-state index contributed by atoms with van der Waals surface area (Å²) in [6, 6.07) is 3.64. The van der Waals surface area contributed by atoms with Gasteiger partial charge in [-0.15, -0.1) is 0 Å². The first kappa shape index (κ1) is 9.01. The van der Waals surface area contributed by atoms with Crippen LogP contribution < -0.4 is 10.5 Å². The van der Waals surface area contributed by atoms with E-state index in [4.69, 9.17) is 10.5 Å². The number of nitrogens with two attached hydrogens (primary N) is 1. The molecule has 2 aromatic heterocycles. The maximum atomic E-state index is 5.68. The molecule has 0 aliphatic carbocycles. The third-order valence-corrected chi connectivity index (χ3v) is 2.55. The number of rotatable bonds is 3. The van der Waals surface area contributed by atoms with Gasteiger partial charge in [0, 0.05) is 6.07 Å². The second-order valence-corrected chi connectivity index (χ2v) is 3.64. The molecule has 2 rings (SSSR count). The van der Waals surface area contributed by atoms with Gasteiger partial charge in [0.05, 0.1) is 24.7 Å². The Morgan fingerprint density at radius 2 is 2.50 bits per heavy atom. The minimum Gasteiger partial charge on any atom is -0.480 e. The molecule has 0 aliphatic heterocycles. The summed E-state index contributed by atoms with van der Waals surface area (Å²) >= 11 is 1.39. The van der Waals surface area contributed by atoms with Crippen LogP contribution in [0.5, 0.6) is 5.88 Å². The molecule has 0 spiro atoms. The van der Waals surface area contributed by atoms with E-state index in [0.717, 1.165) is 4.88 Å². The number of methoxy groups -OCH3 is 1. The van der Waals surface area contributed by atoms with Gasteiger partial charge in [0.25, 0.3) is 0 Å². The molecule has 0 fully saturated rings. The predicted octanol–water partition coefficient (Wildman–Crippen LogP) is 0.979. The van der Waals surface area contributed by atoms with Gasteiger partial charge < -0.3 is 10.5 Å². The first-order valence-electron chi connectivity index (χ1n) is 4.06. The molecule has 0 saturated heterocycles. The van der Waals surface area contributed by atoms with Gasteiger partial charge in [0.15, 0.2) is 0 Å². The fourth-order valence-electron chi connectivity index (χ4n) is 1.09. The van der Waals surface area contributed by atoms with E-state index >= 15 is 0 Å². The molecule has 0 aromatic carbocycles. The third-order valence-electron chi connectivity index (χ3n) is 1.80. The summed E-state index contributed by atoms with van der Waals surface area (Å²) in [6.07, 6.45) is 1.67. The number of ether oxygens (including phenoxy) is 1. The first-order valence-corrected chi connectivity index (χ1v) is 4.84. The molecule has 0 radical (unpaired) electrons. The molecule has 74 valence electrons. The zero-order valence-corrected chi connectivity index (χ0v) is 8.49. The van der Waals surface area contributed by atoms with Gasteiger partial charge in [-0.1, -0.05) is 0 Å². The maximum Gasteiger partial charge on any atom is 0.225 e. The van der Waals surface area contributed by atoms with Crippen LogP contribution in [0.4, 0.5) is 5.82 Å². The summed E-state index contributed by atoms with van der Waals surface area (Å²) in [7, 11) is 1.60. The van der Waals surface area contributed by atoms with E-state index in [2.05, 4.69) is 9.47 Å². The van der Waals surface area contributed by atoms with Crippen molar-refractivity contribution in [2.24, 2.45) is 0 Å². The zero-order chi connectivity index (χ0) is 9.97. The van der Waals surface area contributed by atoms with Crippen LogP contribution in [-0.4, -0.2) is 21.3 Å².